The predicted octanol–water partition coefficient (Wildman–Crippen LogP) is 1.23. The predicted molar refractivity (Wildman–Crippen MR) is 82.2 cm³/mol. The quantitative estimate of drug-likeness (QED) is 0.834. The van der Waals surface area contributed by atoms with E-state index in [-0.39, 0.29) is 6.10 Å². The average Bonchev–Trinajstić information content (AvgIpc) is 2.57. The molecule has 116 valence electrons. The van der Waals surface area contributed by atoms with E-state index in [1.165, 1.54) is 5.69 Å². The van der Waals surface area contributed by atoms with Gasteiger partial charge in [-0.05, 0) is 24.3 Å². The molecule has 1 atom stereocenters. The molecule has 2 heterocycles. The Morgan fingerprint density at radius 3 is 2.48 bits per heavy atom. The number of hydrogen-bond acceptors (Lipinski definition) is 5. The summed E-state index contributed by atoms with van der Waals surface area (Å²) in [4.78, 5) is 4.90. The minimum absolute atomic E-state index is 0.242. The smallest absolute Gasteiger partial charge is 0.119 e. The standard InChI is InChI=1S/C16H24N2O3/c1-19-15-4-2-14(3-5-15)18-8-6-17(7-9-18)12-16-13-20-10-11-21-16/h2-5,16H,6-13H2,1H3/t16-/m0/s1. The Kier molecular flexibility index (Phi) is 4.95. The lowest BCUT2D eigenvalue weighted by Crippen LogP contribution is -2.50. The fraction of sp³-hybridized carbons (Fsp3) is 0.625. The van der Waals surface area contributed by atoms with Crippen molar-refractivity contribution in [1.29, 1.82) is 0 Å². The molecule has 1 aromatic rings. The Balaban J connectivity index is 1.47. The van der Waals surface area contributed by atoms with Gasteiger partial charge >= 0.3 is 0 Å². The number of nitrogens with zero attached hydrogens (tertiary/aromatic N) is 2. The molecule has 3 rings (SSSR count). The minimum Gasteiger partial charge on any atom is -0.497 e. The monoisotopic (exact) mass is 292 g/mol. The summed E-state index contributed by atoms with van der Waals surface area (Å²) in [5.41, 5.74) is 1.27. The van der Waals surface area contributed by atoms with Crippen LogP contribution in [0, 0.1) is 0 Å². The van der Waals surface area contributed by atoms with Crippen LogP contribution in [0.1, 0.15) is 0 Å². The first-order chi connectivity index (χ1) is 10.3. The molecule has 0 unspecified atom stereocenters. The zero-order valence-electron chi connectivity index (χ0n) is 12.7. The first-order valence-electron chi connectivity index (χ1n) is 7.66. The Bertz CT molecular complexity index is 424. The third-order valence-corrected chi connectivity index (χ3v) is 4.16. The van der Waals surface area contributed by atoms with E-state index in [4.69, 9.17) is 14.2 Å². The maximum atomic E-state index is 5.72. The highest BCUT2D eigenvalue weighted by atomic mass is 16.6. The lowest BCUT2D eigenvalue weighted by molar-refractivity contribution is -0.0977. The van der Waals surface area contributed by atoms with E-state index in [2.05, 4.69) is 21.9 Å². The summed E-state index contributed by atoms with van der Waals surface area (Å²) >= 11 is 0. The van der Waals surface area contributed by atoms with Gasteiger partial charge in [-0.3, -0.25) is 4.90 Å². The van der Waals surface area contributed by atoms with Crippen LogP contribution in [-0.4, -0.2) is 70.7 Å². The number of methoxy groups -OCH3 is 1. The van der Waals surface area contributed by atoms with Gasteiger partial charge in [-0.2, -0.15) is 0 Å². The van der Waals surface area contributed by atoms with E-state index in [9.17, 15) is 0 Å². The normalized spacial score (nSPS) is 24.0. The van der Waals surface area contributed by atoms with Gasteiger partial charge in [0.25, 0.3) is 0 Å². The maximum Gasteiger partial charge on any atom is 0.119 e. The SMILES string of the molecule is COc1ccc(N2CCN(C[C@H]3COCCO3)CC2)cc1. The fourth-order valence-electron chi connectivity index (χ4n) is 2.91. The number of anilines is 1. The molecule has 2 fully saturated rings. The summed E-state index contributed by atoms with van der Waals surface area (Å²) in [6, 6.07) is 8.31. The molecular formula is C16H24N2O3. The van der Waals surface area contributed by atoms with Crippen molar-refractivity contribution in [3.05, 3.63) is 24.3 Å². The minimum atomic E-state index is 0.242. The van der Waals surface area contributed by atoms with Crippen molar-refractivity contribution in [1.82, 2.24) is 4.90 Å². The Hall–Kier alpha value is -1.30. The van der Waals surface area contributed by atoms with Gasteiger partial charge in [0, 0.05) is 38.4 Å². The lowest BCUT2D eigenvalue weighted by atomic mass is 10.2. The molecule has 2 saturated heterocycles. The first kappa shape index (κ1) is 14.6. The topological polar surface area (TPSA) is 34.2 Å². The van der Waals surface area contributed by atoms with Crippen LogP contribution in [0.5, 0.6) is 5.75 Å². The van der Waals surface area contributed by atoms with Gasteiger partial charge in [0.2, 0.25) is 0 Å². The molecule has 21 heavy (non-hydrogen) atoms. The van der Waals surface area contributed by atoms with Crippen molar-refractivity contribution in [3.8, 4) is 5.75 Å². The van der Waals surface area contributed by atoms with E-state index in [0.29, 0.717) is 0 Å². The number of piperazine rings is 1. The second kappa shape index (κ2) is 7.11. The molecule has 5 nitrogen and oxygen atoms in total. The molecule has 0 radical (unpaired) electrons. The highest BCUT2D eigenvalue weighted by Crippen LogP contribution is 2.20. The number of rotatable bonds is 4. The van der Waals surface area contributed by atoms with Gasteiger partial charge in [-0.1, -0.05) is 0 Å². The lowest BCUT2D eigenvalue weighted by Gasteiger charge is -2.38. The van der Waals surface area contributed by atoms with Gasteiger partial charge < -0.3 is 19.1 Å². The summed E-state index contributed by atoms with van der Waals surface area (Å²) in [6.45, 7) is 7.45. The summed E-state index contributed by atoms with van der Waals surface area (Å²) in [5.74, 6) is 0.909. The van der Waals surface area contributed by atoms with E-state index in [0.717, 1.165) is 58.3 Å². The van der Waals surface area contributed by atoms with Crippen LogP contribution in [-0.2, 0) is 9.47 Å². The van der Waals surface area contributed by atoms with Crippen molar-refractivity contribution < 1.29 is 14.2 Å². The van der Waals surface area contributed by atoms with Crippen molar-refractivity contribution >= 4 is 5.69 Å². The van der Waals surface area contributed by atoms with E-state index >= 15 is 0 Å². The van der Waals surface area contributed by atoms with E-state index in [1.807, 2.05) is 12.1 Å². The van der Waals surface area contributed by atoms with Crippen LogP contribution in [0.2, 0.25) is 0 Å². The van der Waals surface area contributed by atoms with Crippen molar-refractivity contribution in [2.24, 2.45) is 0 Å². The largest absolute Gasteiger partial charge is 0.497 e. The number of benzene rings is 1. The van der Waals surface area contributed by atoms with Crippen LogP contribution in [0.25, 0.3) is 0 Å². The van der Waals surface area contributed by atoms with E-state index < -0.39 is 0 Å². The molecule has 0 aliphatic carbocycles. The molecular weight excluding hydrogens is 268 g/mol. The van der Waals surface area contributed by atoms with Crippen molar-refractivity contribution in [2.45, 2.75) is 6.10 Å². The first-order valence-corrected chi connectivity index (χ1v) is 7.66. The second-order valence-corrected chi connectivity index (χ2v) is 5.55. The molecule has 0 aromatic heterocycles. The summed E-state index contributed by atoms with van der Waals surface area (Å²) in [6.07, 6.45) is 0.242. The van der Waals surface area contributed by atoms with Crippen molar-refractivity contribution in [3.63, 3.8) is 0 Å². The summed E-state index contributed by atoms with van der Waals surface area (Å²) in [5, 5.41) is 0. The Morgan fingerprint density at radius 1 is 1.10 bits per heavy atom. The highest BCUT2D eigenvalue weighted by Gasteiger charge is 2.22. The summed E-state index contributed by atoms with van der Waals surface area (Å²) < 4.78 is 16.4. The van der Waals surface area contributed by atoms with Gasteiger partial charge in [-0.25, -0.2) is 0 Å². The highest BCUT2D eigenvalue weighted by molar-refractivity contribution is 5.49. The van der Waals surface area contributed by atoms with Crippen LogP contribution < -0.4 is 9.64 Å². The maximum absolute atomic E-state index is 5.72. The second-order valence-electron chi connectivity index (χ2n) is 5.55. The van der Waals surface area contributed by atoms with Crippen molar-refractivity contribution in [2.75, 3.05) is 64.6 Å². The average molecular weight is 292 g/mol. The molecule has 5 heteroatoms. The molecule has 0 amide bonds. The van der Waals surface area contributed by atoms with Crippen LogP contribution in [0.3, 0.4) is 0 Å². The van der Waals surface area contributed by atoms with Gasteiger partial charge in [0.1, 0.15) is 5.75 Å². The molecule has 2 aliphatic heterocycles. The fourth-order valence-corrected chi connectivity index (χ4v) is 2.91. The summed E-state index contributed by atoms with van der Waals surface area (Å²) in [7, 11) is 1.70. The molecule has 0 saturated carbocycles. The number of hydrogen-bond donors (Lipinski definition) is 0. The van der Waals surface area contributed by atoms with Gasteiger partial charge in [-0.15, -0.1) is 0 Å². The van der Waals surface area contributed by atoms with E-state index in [1.54, 1.807) is 7.11 Å². The van der Waals surface area contributed by atoms with Crippen LogP contribution in [0.4, 0.5) is 5.69 Å². The molecule has 0 bridgehead atoms. The Morgan fingerprint density at radius 2 is 1.86 bits per heavy atom. The molecule has 0 N–H and O–H groups in total. The zero-order valence-corrected chi connectivity index (χ0v) is 12.7. The third kappa shape index (κ3) is 3.87. The molecule has 2 aliphatic rings. The van der Waals surface area contributed by atoms with Gasteiger partial charge in [0.15, 0.2) is 0 Å². The zero-order chi connectivity index (χ0) is 14.5. The molecule has 1 aromatic carbocycles. The van der Waals surface area contributed by atoms with Crippen LogP contribution >= 0.6 is 0 Å². The van der Waals surface area contributed by atoms with Gasteiger partial charge in [0.05, 0.1) is 33.0 Å². The Labute approximate surface area is 126 Å². The number of ether oxygens (including phenoxy) is 3. The molecule has 0 spiro atoms. The third-order valence-electron chi connectivity index (χ3n) is 4.16. The van der Waals surface area contributed by atoms with Crippen LogP contribution in [0.15, 0.2) is 24.3 Å².